The van der Waals surface area contributed by atoms with Crippen molar-refractivity contribution in [3.8, 4) is 0 Å². The van der Waals surface area contributed by atoms with Crippen LogP contribution in [0.2, 0.25) is 0 Å². The highest BCUT2D eigenvalue weighted by atomic mass is 19.4. The molecule has 0 aliphatic heterocycles. The smallest absolute Gasteiger partial charge is 0.335 e. The molecule has 0 saturated carbocycles. The fraction of sp³-hybridized carbons (Fsp3) is 1.00. The van der Waals surface area contributed by atoms with Gasteiger partial charge in [-0.3, -0.25) is 0 Å². The van der Waals surface area contributed by atoms with Gasteiger partial charge in [-0.1, -0.05) is 0 Å². The van der Waals surface area contributed by atoms with Crippen molar-refractivity contribution in [2.24, 2.45) is 0 Å². The van der Waals surface area contributed by atoms with Crippen molar-refractivity contribution < 1.29 is 66.9 Å². The number of hydrogen-bond acceptors (Lipinski definition) is 3. The quantitative estimate of drug-likeness (QED) is 0.489. The summed E-state index contributed by atoms with van der Waals surface area (Å²) in [6, 6.07) is 0. The Balaban J connectivity index is 5.52. The largest absolute Gasteiger partial charge is 0.495 e. The van der Waals surface area contributed by atoms with E-state index in [0.717, 1.165) is 0 Å². The zero-order valence-corrected chi connectivity index (χ0v) is 10.8. The molecule has 0 heterocycles. The van der Waals surface area contributed by atoms with Crippen LogP contribution in [0.3, 0.4) is 0 Å². The van der Waals surface area contributed by atoms with E-state index in [0.29, 0.717) is 0 Å². The first-order chi connectivity index (χ1) is 9.72. The van der Waals surface area contributed by atoms with E-state index in [4.69, 9.17) is 0 Å². The number of ether oxygens (including phenoxy) is 3. The van der Waals surface area contributed by atoms with Gasteiger partial charge in [0.15, 0.2) is 0 Å². The first kappa shape index (κ1) is 22.0. The second kappa shape index (κ2) is 5.84. The van der Waals surface area contributed by atoms with Crippen molar-refractivity contribution >= 4 is 0 Å². The molecule has 0 N–H and O–H groups in total. The standard InChI is InChI=1S/C8H6F12O3/c1-3(9,10)6(15,16)22-8(19,20)23-7(17,18)4(11,21-2)5(12,13)14/h1-2H3. The van der Waals surface area contributed by atoms with Crippen LogP contribution in [0.15, 0.2) is 0 Å². The maximum absolute atomic E-state index is 13.1. The third kappa shape index (κ3) is 4.53. The van der Waals surface area contributed by atoms with Gasteiger partial charge in [0, 0.05) is 14.0 Å². The van der Waals surface area contributed by atoms with Gasteiger partial charge in [0.1, 0.15) is 0 Å². The lowest BCUT2D eigenvalue weighted by Crippen LogP contribution is -2.60. The van der Waals surface area contributed by atoms with Crippen molar-refractivity contribution in [3.05, 3.63) is 0 Å². The number of alkyl halides is 12. The predicted octanol–water partition coefficient (Wildman–Crippen LogP) is 4.29. The van der Waals surface area contributed by atoms with Crippen LogP contribution in [0, 0.1) is 0 Å². The van der Waals surface area contributed by atoms with Gasteiger partial charge in [-0.25, -0.2) is 9.47 Å². The Morgan fingerprint density at radius 3 is 1.22 bits per heavy atom. The highest BCUT2D eigenvalue weighted by molar-refractivity contribution is 4.86. The number of halogens is 12. The minimum absolute atomic E-state index is 0.335. The number of rotatable bonds is 7. The first-order valence-corrected chi connectivity index (χ1v) is 4.95. The zero-order chi connectivity index (χ0) is 19.1. The second-order valence-corrected chi connectivity index (χ2v) is 3.89. The summed E-state index contributed by atoms with van der Waals surface area (Å²) in [6.07, 6.45) is -25.9. The van der Waals surface area contributed by atoms with Gasteiger partial charge in [0.2, 0.25) is 0 Å². The minimum atomic E-state index is -6.67. The molecule has 0 rings (SSSR count). The van der Waals surface area contributed by atoms with Crippen molar-refractivity contribution in [2.45, 2.75) is 43.4 Å². The fourth-order valence-electron chi connectivity index (χ4n) is 0.874. The minimum Gasteiger partial charge on any atom is -0.335 e. The lowest BCUT2D eigenvalue weighted by Gasteiger charge is -2.35. The molecule has 0 aliphatic rings. The van der Waals surface area contributed by atoms with Crippen LogP contribution >= 0.6 is 0 Å². The summed E-state index contributed by atoms with van der Waals surface area (Å²) < 4.78 is 157. The summed E-state index contributed by atoms with van der Waals surface area (Å²) in [7, 11) is -0.335. The molecule has 0 bridgehead atoms. The number of methoxy groups -OCH3 is 1. The predicted molar refractivity (Wildman–Crippen MR) is 44.5 cm³/mol. The summed E-state index contributed by atoms with van der Waals surface area (Å²) in [4.78, 5) is 0. The normalized spacial score (nSPS) is 18.0. The highest BCUT2D eigenvalue weighted by Crippen LogP contribution is 2.49. The molecular weight excluding hydrogens is 372 g/mol. The average Bonchev–Trinajstić information content (AvgIpc) is 2.20. The van der Waals surface area contributed by atoms with E-state index in [1.165, 1.54) is 0 Å². The molecule has 0 spiro atoms. The summed E-state index contributed by atoms with van der Waals surface area (Å²) in [6.45, 7) is -0.675. The van der Waals surface area contributed by atoms with Crippen LogP contribution in [0.25, 0.3) is 0 Å². The van der Waals surface area contributed by atoms with E-state index in [1.807, 2.05) is 9.47 Å². The van der Waals surface area contributed by atoms with Gasteiger partial charge in [-0.2, -0.15) is 43.9 Å². The van der Waals surface area contributed by atoms with E-state index in [-0.39, 0.29) is 7.11 Å². The van der Waals surface area contributed by atoms with Gasteiger partial charge in [0.25, 0.3) is 0 Å². The molecule has 15 heteroatoms. The maximum Gasteiger partial charge on any atom is 0.495 e. The third-order valence-electron chi connectivity index (χ3n) is 2.03. The topological polar surface area (TPSA) is 27.7 Å². The third-order valence-corrected chi connectivity index (χ3v) is 2.03. The number of hydrogen-bond donors (Lipinski definition) is 0. The van der Waals surface area contributed by atoms with Crippen molar-refractivity contribution in [1.29, 1.82) is 0 Å². The Hall–Kier alpha value is -0.960. The molecular formula is C8H6F12O3. The van der Waals surface area contributed by atoms with Gasteiger partial charge < -0.3 is 4.74 Å². The highest BCUT2D eigenvalue weighted by Gasteiger charge is 2.77. The molecule has 0 radical (unpaired) electrons. The zero-order valence-electron chi connectivity index (χ0n) is 10.8. The van der Waals surface area contributed by atoms with Crippen LogP contribution in [0.5, 0.6) is 0 Å². The summed E-state index contributed by atoms with van der Waals surface area (Å²) in [5, 5.41) is 0. The fourth-order valence-corrected chi connectivity index (χ4v) is 0.874. The van der Waals surface area contributed by atoms with E-state index in [1.54, 1.807) is 0 Å². The second-order valence-electron chi connectivity index (χ2n) is 3.89. The maximum atomic E-state index is 13.1. The van der Waals surface area contributed by atoms with Gasteiger partial charge >= 0.3 is 36.5 Å². The molecule has 0 aromatic carbocycles. The average molecular weight is 378 g/mol. The molecule has 3 nitrogen and oxygen atoms in total. The lowest BCUT2D eigenvalue weighted by atomic mass is 10.2. The lowest BCUT2D eigenvalue weighted by molar-refractivity contribution is -0.565. The van der Waals surface area contributed by atoms with Crippen LogP contribution in [0.4, 0.5) is 52.7 Å². The van der Waals surface area contributed by atoms with Gasteiger partial charge in [-0.05, 0) is 0 Å². The first-order valence-electron chi connectivity index (χ1n) is 4.95. The van der Waals surface area contributed by atoms with Crippen molar-refractivity contribution in [1.82, 2.24) is 0 Å². The molecule has 0 amide bonds. The van der Waals surface area contributed by atoms with Crippen LogP contribution in [-0.4, -0.2) is 43.6 Å². The summed E-state index contributed by atoms with van der Waals surface area (Å²) >= 11 is 0. The van der Waals surface area contributed by atoms with E-state index >= 15 is 0 Å². The monoisotopic (exact) mass is 378 g/mol. The molecule has 1 atom stereocenters. The molecule has 0 aromatic heterocycles. The molecule has 0 aromatic rings. The Kier molecular flexibility index (Phi) is 5.60. The van der Waals surface area contributed by atoms with Crippen LogP contribution in [0.1, 0.15) is 6.92 Å². The molecule has 0 aliphatic carbocycles. The Morgan fingerprint density at radius 1 is 0.609 bits per heavy atom. The van der Waals surface area contributed by atoms with Crippen LogP contribution in [-0.2, 0) is 14.2 Å². The molecule has 140 valence electrons. The van der Waals surface area contributed by atoms with Gasteiger partial charge in [0.05, 0.1) is 0 Å². The molecule has 23 heavy (non-hydrogen) atoms. The van der Waals surface area contributed by atoms with E-state index < -0.39 is 43.4 Å². The Morgan fingerprint density at radius 2 is 0.957 bits per heavy atom. The summed E-state index contributed by atoms with van der Waals surface area (Å²) in [5.74, 6) is -11.6. The van der Waals surface area contributed by atoms with Gasteiger partial charge in [-0.15, -0.1) is 8.78 Å². The summed E-state index contributed by atoms with van der Waals surface area (Å²) in [5.41, 5.74) is 0. The Labute approximate surface area is 119 Å². The van der Waals surface area contributed by atoms with Crippen LogP contribution < -0.4 is 0 Å². The van der Waals surface area contributed by atoms with Crippen molar-refractivity contribution in [2.75, 3.05) is 7.11 Å². The SMILES string of the molecule is COC(F)(C(F)(F)F)C(F)(F)OC(F)(F)OC(F)(F)C(C)(F)F. The van der Waals surface area contributed by atoms with E-state index in [9.17, 15) is 52.7 Å². The van der Waals surface area contributed by atoms with Crippen molar-refractivity contribution in [3.63, 3.8) is 0 Å². The molecule has 0 saturated heterocycles. The molecule has 1 unspecified atom stereocenters. The van der Waals surface area contributed by atoms with E-state index in [2.05, 4.69) is 4.74 Å². The Bertz CT molecular complexity index is 414. The molecule has 0 fully saturated rings.